The summed E-state index contributed by atoms with van der Waals surface area (Å²) in [5.41, 5.74) is 2.95. The maximum atomic E-state index is 13.0. The van der Waals surface area contributed by atoms with Crippen molar-refractivity contribution < 1.29 is 9.21 Å². The van der Waals surface area contributed by atoms with Crippen LogP contribution in [0.3, 0.4) is 0 Å². The van der Waals surface area contributed by atoms with E-state index in [4.69, 9.17) is 4.42 Å². The minimum absolute atomic E-state index is 0.0330. The highest BCUT2D eigenvalue weighted by Gasteiger charge is 2.30. The number of furan rings is 1. The number of carbonyl (C=O) groups excluding carboxylic acids is 1. The zero-order valence-corrected chi connectivity index (χ0v) is 16.3. The van der Waals surface area contributed by atoms with Gasteiger partial charge in [0, 0.05) is 30.9 Å². The molecule has 2 aromatic heterocycles. The van der Waals surface area contributed by atoms with Crippen LogP contribution in [0.2, 0.25) is 0 Å². The standard InChI is InChI=1S/C20H30N4O2/c1-5-24-18-9-8-15(21-12-14(2)3)11-17(18)19(22-24)20(25)23(4)13-16-7-6-10-26-16/h6-7,10,14-15,21H,5,8-9,11-13H2,1-4H3/t15-/m1/s1. The quantitative estimate of drug-likeness (QED) is 0.827. The molecule has 0 saturated heterocycles. The van der Waals surface area contributed by atoms with Crippen molar-refractivity contribution in [2.24, 2.45) is 5.92 Å². The molecule has 1 aliphatic carbocycles. The van der Waals surface area contributed by atoms with Gasteiger partial charge in [0.15, 0.2) is 5.69 Å². The largest absolute Gasteiger partial charge is 0.467 e. The first-order chi connectivity index (χ1) is 12.5. The van der Waals surface area contributed by atoms with E-state index in [-0.39, 0.29) is 5.91 Å². The summed E-state index contributed by atoms with van der Waals surface area (Å²) in [6, 6.07) is 4.14. The van der Waals surface area contributed by atoms with E-state index in [9.17, 15) is 4.79 Å². The van der Waals surface area contributed by atoms with E-state index in [0.717, 1.165) is 43.7 Å². The van der Waals surface area contributed by atoms with Gasteiger partial charge in [0.05, 0.1) is 12.8 Å². The van der Waals surface area contributed by atoms with E-state index in [2.05, 4.69) is 31.2 Å². The third-order valence-corrected chi connectivity index (χ3v) is 4.98. The number of fused-ring (bicyclic) bond motifs is 1. The number of hydrogen-bond donors (Lipinski definition) is 1. The van der Waals surface area contributed by atoms with Crippen molar-refractivity contribution in [3.63, 3.8) is 0 Å². The maximum absolute atomic E-state index is 13.0. The third-order valence-electron chi connectivity index (χ3n) is 4.98. The Morgan fingerprint density at radius 1 is 1.50 bits per heavy atom. The van der Waals surface area contributed by atoms with Gasteiger partial charge < -0.3 is 14.6 Å². The molecule has 2 heterocycles. The summed E-state index contributed by atoms with van der Waals surface area (Å²) in [7, 11) is 1.81. The molecule has 0 bridgehead atoms. The molecule has 2 aromatic rings. The molecular weight excluding hydrogens is 328 g/mol. The van der Waals surface area contributed by atoms with Gasteiger partial charge >= 0.3 is 0 Å². The first-order valence-corrected chi connectivity index (χ1v) is 9.59. The van der Waals surface area contributed by atoms with Crippen LogP contribution in [0, 0.1) is 5.92 Å². The molecule has 1 aliphatic rings. The highest BCUT2D eigenvalue weighted by atomic mass is 16.3. The molecule has 1 N–H and O–H groups in total. The van der Waals surface area contributed by atoms with Crippen molar-refractivity contribution in [3.05, 3.63) is 41.1 Å². The van der Waals surface area contributed by atoms with Crippen LogP contribution in [-0.2, 0) is 25.9 Å². The Balaban J connectivity index is 1.79. The highest BCUT2D eigenvalue weighted by molar-refractivity contribution is 5.94. The smallest absolute Gasteiger partial charge is 0.274 e. The Bertz CT molecular complexity index is 733. The predicted molar refractivity (Wildman–Crippen MR) is 101 cm³/mol. The van der Waals surface area contributed by atoms with Crippen molar-refractivity contribution in [1.82, 2.24) is 20.0 Å². The van der Waals surface area contributed by atoms with Crippen molar-refractivity contribution in [2.75, 3.05) is 13.6 Å². The van der Waals surface area contributed by atoms with Gasteiger partial charge in [-0.05, 0) is 50.8 Å². The first-order valence-electron chi connectivity index (χ1n) is 9.59. The maximum Gasteiger partial charge on any atom is 0.274 e. The monoisotopic (exact) mass is 358 g/mol. The van der Waals surface area contributed by atoms with Crippen LogP contribution in [-0.4, -0.2) is 40.2 Å². The van der Waals surface area contributed by atoms with E-state index in [1.807, 2.05) is 16.8 Å². The van der Waals surface area contributed by atoms with Gasteiger partial charge in [-0.1, -0.05) is 13.8 Å². The van der Waals surface area contributed by atoms with Gasteiger partial charge in [-0.25, -0.2) is 0 Å². The number of nitrogens with zero attached hydrogens (tertiary/aromatic N) is 3. The van der Waals surface area contributed by atoms with Crippen LogP contribution in [0.25, 0.3) is 0 Å². The number of nitrogens with one attached hydrogen (secondary N) is 1. The van der Waals surface area contributed by atoms with Crippen molar-refractivity contribution >= 4 is 5.91 Å². The molecule has 0 unspecified atom stereocenters. The number of hydrogen-bond acceptors (Lipinski definition) is 4. The Labute approximate surface area is 155 Å². The molecule has 0 spiro atoms. The summed E-state index contributed by atoms with van der Waals surface area (Å²) in [4.78, 5) is 14.7. The van der Waals surface area contributed by atoms with Crippen LogP contribution < -0.4 is 5.32 Å². The van der Waals surface area contributed by atoms with E-state index in [0.29, 0.717) is 24.2 Å². The van der Waals surface area contributed by atoms with Gasteiger partial charge in [0.2, 0.25) is 0 Å². The fraction of sp³-hybridized carbons (Fsp3) is 0.600. The molecule has 6 heteroatoms. The van der Waals surface area contributed by atoms with Gasteiger partial charge in [-0.15, -0.1) is 0 Å². The molecule has 1 amide bonds. The normalized spacial score (nSPS) is 16.7. The van der Waals surface area contributed by atoms with Crippen LogP contribution in [0.1, 0.15) is 54.7 Å². The lowest BCUT2D eigenvalue weighted by Gasteiger charge is -2.25. The topological polar surface area (TPSA) is 63.3 Å². The molecule has 0 aromatic carbocycles. The van der Waals surface area contributed by atoms with E-state index < -0.39 is 0 Å². The second-order valence-corrected chi connectivity index (χ2v) is 7.57. The van der Waals surface area contributed by atoms with Crippen LogP contribution in [0.15, 0.2) is 22.8 Å². The SMILES string of the molecule is CCn1nc(C(=O)N(C)Cc2ccco2)c2c1CC[C@@H](NCC(C)C)C2. The fourth-order valence-electron chi connectivity index (χ4n) is 3.59. The Hall–Kier alpha value is -2.08. The first kappa shape index (κ1) is 18.7. The van der Waals surface area contributed by atoms with Gasteiger partial charge in [-0.2, -0.15) is 5.10 Å². The molecule has 0 saturated carbocycles. The fourth-order valence-corrected chi connectivity index (χ4v) is 3.59. The molecule has 3 rings (SSSR count). The van der Waals surface area contributed by atoms with E-state index in [1.165, 1.54) is 5.69 Å². The van der Waals surface area contributed by atoms with Crippen molar-refractivity contribution in [2.45, 2.75) is 59.2 Å². The molecule has 0 aliphatic heterocycles. The summed E-state index contributed by atoms with van der Waals surface area (Å²) in [5.74, 6) is 1.37. The Morgan fingerprint density at radius 3 is 2.96 bits per heavy atom. The number of carbonyl (C=O) groups is 1. The minimum atomic E-state index is -0.0330. The van der Waals surface area contributed by atoms with Crippen LogP contribution in [0.5, 0.6) is 0 Å². The number of aromatic nitrogens is 2. The molecule has 0 fully saturated rings. The van der Waals surface area contributed by atoms with E-state index in [1.54, 1.807) is 18.2 Å². The molecule has 142 valence electrons. The molecule has 1 atom stereocenters. The predicted octanol–water partition coefficient (Wildman–Crippen LogP) is 2.87. The lowest BCUT2D eigenvalue weighted by Crippen LogP contribution is -2.37. The minimum Gasteiger partial charge on any atom is -0.467 e. The average Bonchev–Trinajstić information content (AvgIpc) is 3.26. The van der Waals surface area contributed by atoms with Crippen molar-refractivity contribution in [3.8, 4) is 0 Å². The molecule has 6 nitrogen and oxygen atoms in total. The lowest BCUT2D eigenvalue weighted by atomic mass is 9.90. The lowest BCUT2D eigenvalue weighted by molar-refractivity contribution is 0.0767. The number of amides is 1. The number of aryl methyl sites for hydroxylation is 1. The molecule has 26 heavy (non-hydrogen) atoms. The third kappa shape index (κ3) is 4.01. The zero-order valence-electron chi connectivity index (χ0n) is 16.3. The summed E-state index contributed by atoms with van der Waals surface area (Å²) in [5, 5.41) is 8.30. The van der Waals surface area contributed by atoms with Gasteiger partial charge in [-0.3, -0.25) is 9.48 Å². The van der Waals surface area contributed by atoms with Crippen LogP contribution >= 0.6 is 0 Å². The Morgan fingerprint density at radius 2 is 2.31 bits per heavy atom. The Kier molecular flexibility index (Phi) is 5.81. The molecular formula is C20H30N4O2. The summed E-state index contributed by atoms with van der Waals surface area (Å²) >= 11 is 0. The van der Waals surface area contributed by atoms with Crippen LogP contribution in [0.4, 0.5) is 0 Å². The number of rotatable bonds is 7. The van der Waals surface area contributed by atoms with E-state index >= 15 is 0 Å². The summed E-state index contributed by atoms with van der Waals surface area (Å²) in [6.45, 7) is 8.76. The zero-order chi connectivity index (χ0) is 18.7. The van der Waals surface area contributed by atoms with Gasteiger partial charge in [0.25, 0.3) is 5.91 Å². The summed E-state index contributed by atoms with van der Waals surface area (Å²) in [6.07, 6.45) is 4.58. The van der Waals surface area contributed by atoms with Gasteiger partial charge in [0.1, 0.15) is 5.76 Å². The highest BCUT2D eigenvalue weighted by Crippen LogP contribution is 2.26. The van der Waals surface area contributed by atoms with Crippen molar-refractivity contribution in [1.29, 1.82) is 0 Å². The summed E-state index contributed by atoms with van der Waals surface area (Å²) < 4.78 is 7.37. The average molecular weight is 358 g/mol. The second kappa shape index (κ2) is 8.08. The second-order valence-electron chi connectivity index (χ2n) is 7.57. The molecule has 0 radical (unpaired) electrons.